The Labute approximate surface area is 240 Å². The summed E-state index contributed by atoms with van der Waals surface area (Å²) in [6.07, 6.45) is 8.80. The Hall–Kier alpha value is -2.52. The van der Waals surface area contributed by atoms with Gasteiger partial charge in [0.25, 0.3) is 5.91 Å². The fourth-order valence-electron chi connectivity index (χ4n) is 6.01. The lowest BCUT2D eigenvalue weighted by Crippen LogP contribution is -2.49. The molecule has 1 aromatic rings. The number of methoxy groups -OCH3 is 2. The first-order valence-corrected chi connectivity index (χ1v) is 15.3. The highest BCUT2D eigenvalue weighted by Crippen LogP contribution is 2.32. The first-order valence-electron chi connectivity index (χ1n) is 15.3. The summed E-state index contributed by atoms with van der Waals surface area (Å²) in [5, 5.41) is 6.88. The Morgan fingerprint density at radius 2 is 1.70 bits per heavy atom. The van der Waals surface area contributed by atoms with Crippen LogP contribution in [0, 0.1) is 11.8 Å². The second-order valence-corrected chi connectivity index (χ2v) is 12.0. The highest BCUT2D eigenvalue weighted by atomic mass is 16.5. The largest absolute Gasteiger partial charge is 0.493 e. The summed E-state index contributed by atoms with van der Waals surface area (Å²) in [4.78, 5) is 31.2. The zero-order valence-electron chi connectivity index (χ0n) is 25.0. The van der Waals surface area contributed by atoms with Gasteiger partial charge < -0.3 is 34.6 Å². The van der Waals surface area contributed by atoms with E-state index in [0.717, 1.165) is 51.7 Å². The van der Waals surface area contributed by atoms with Gasteiger partial charge in [-0.2, -0.15) is 0 Å². The number of amides is 3. The van der Waals surface area contributed by atoms with Crippen LogP contribution >= 0.6 is 0 Å². The van der Waals surface area contributed by atoms with Crippen molar-refractivity contribution in [3.8, 4) is 11.5 Å². The van der Waals surface area contributed by atoms with Crippen molar-refractivity contribution in [1.82, 2.24) is 20.4 Å². The number of hydrogen-bond donors (Lipinski definition) is 2. The van der Waals surface area contributed by atoms with E-state index in [2.05, 4.69) is 29.4 Å². The predicted molar refractivity (Wildman–Crippen MR) is 156 cm³/mol. The summed E-state index contributed by atoms with van der Waals surface area (Å²) >= 11 is 0. The molecule has 1 heterocycles. The van der Waals surface area contributed by atoms with E-state index >= 15 is 0 Å². The minimum Gasteiger partial charge on any atom is -0.493 e. The van der Waals surface area contributed by atoms with Crippen LogP contribution in [0.5, 0.6) is 11.5 Å². The molecule has 0 unspecified atom stereocenters. The summed E-state index contributed by atoms with van der Waals surface area (Å²) in [6.45, 7) is 8.32. The van der Waals surface area contributed by atoms with Crippen LogP contribution in [-0.2, 0) is 4.74 Å². The van der Waals surface area contributed by atoms with Gasteiger partial charge in [0.2, 0.25) is 0 Å². The minimum atomic E-state index is -0.0147. The lowest BCUT2D eigenvalue weighted by Gasteiger charge is -2.34. The van der Waals surface area contributed by atoms with E-state index in [0.29, 0.717) is 54.8 Å². The second kappa shape index (κ2) is 14.9. The van der Waals surface area contributed by atoms with Gasteiger partial charge >= 0.3 is 6.03 Å². The average molecular weight is 559 g/mol. The van der Waals surface area contributed by atoms with E-state index in [1.54, 1.807) is 26.4 Å². The number of carbonyl (C=O) groups is 2. The van der Waals surface area contributed by atoms with Gasteiger partial charge in [0, 0.05) is 70.0 Å². The molecule has 40 heavy (non-hydrogen) atoms. The molecule has 0 spiro atoms. The summed E-state index contributed by atoms with van der Waals surface area (Å²) in [7, 11) is 3.27. The average Bonchev–Trinajstić information content (AvgIpc) is 3.71. The van der Waals surface area contributed by atoms with E-state index in [1.165, 1.54) is 19.3 Å². The van der Waals surface area contributed by atoms with Crippen LogP contribution in [0.4, 0.5) is 4.79 Å². The van der Waals surface area contributed by atoms with E-state index < -0.39 is 0 Å². The zero-order valence-corrected chi connectivity index (χ0v) is 25.0. The number of ether oxygens (including phenoxy) is 3. The van der Waals surface area contributed by atoms with Gasteiger partial charge in [0.1, 0.15) is 0 Å². The van der Waals surface area contributed by atoms with Crippen molar-refractivity contribution in [2.24, 2.45) is 11.8 Å². The third-order valence-electron chi connectivity index (χ3n) is 8.57. The number of benzene rings is 1. The Morgan fingerprint density at radius 1 is 0.975 bits per heavy atom. The van der Waals surface area contributed by atoms with Gasteiger partial charge in [-0.25, -0.2) is 4.79 Å². The third-order valence-corrected chi connectivity index (χ3v) is 8.57. The highest BCUT2D eigenvalue weighted by Gasteiger charge is 2.39. The first kappa shape index (κ1) is 30.4. The molecule has 9 nitrogen and oxygen atoms in total. The number of hydrogen-bond acceptors (Lipinski definition) is 6. The fraction of sp³-hybridized carbons (Fsp3) is 0.742. The molecule has 1 aromatic carbocycles. The highest BCUT2D eigenvalue weighted by molar-refractivity contribution is 5.95. The van der Waals surface area contributed by atoms with Crippen LogP contribution in [0.1, 0.15) is 75.6 Å². The number of nitrogens with zero attached hydrogens (tertiary/aromatic N) is 2. The molecule has 2 N–H and O–H groups in total. The normalized spacial score (nSPS) is 21.3. The lowest BCUT2D eigenvalue weighted by atomic mass is 9.93. The van der Waals surface area contributed by atoms with Crippen LogP contribution in [0.2, 0.25) is 0 Å². The zero-order chi connectivity index (χ0) is 28.5. The topological polar surface area (TPSA) is 92.4 Å². The van der Waals surface area contributed by atoms with E-state index in [-0.39, 0.29) is 23.9 Å². The maximum absolute atomic E-state index is 13.8. The molecule has 2 saturated carbocycles. The molecular weight excluding hydrogens is 508 g/mol. The maximum atomic E-state index is 13.8. The molecule has 2 aliphatic carbocycles. The molecule has 2 atom stereocenters. The third kappa shape index (κ3) is 8.26. The molecular formula is C31H50N4O5. The molecule has 3 aliphatic rings. The van der Waals surface area contributed by atoms with Crippen LogP contribution in [0.3, 0.4) is 0 Å². The van der Waals surface area contributed by atoms with Crippen LogP contribution in [0.15, 0.2) is 18.2 Å². The monoisotopic (exact) mass is 558 g/mol. The van der Waals surface area contributed by atoms with Crippen molar-refractivity contribution in [1.29, 1.82) is 0 Å². The van der Waals surface area contributed by atoms with E-state index in [4.69, 9.17) is 14.2 Å². The van der Waals surface area contributed by atoms with Crippen LogP contribution < -0.4 is 20.1 Å². The van der Waals surface area contributed by atoms with Gasteiger partial charge in [-0.05, 0) is 69.6 Å². The number of urea groups is 1. The Kier molecular flexibility index (Phi) is 11.4. The first-order chi connectivity index (χ1) is 19.4. The van der Waals surface area contributed by atoms with E-state index in [9.17, 15) is 9.59 Å². The van der Waals surface area contributed by atoms with Gasteiger partial charge in [-0.3, -0.25) is 4.79 Å². The molecule has 3 amide bonds. The Bertz CT molecular complexity index is 963. The Morgan fingerprint density at radius 3 is 2.35 bits per heavy atom. The summed E-state index contributed by atoms with van der Waals surface area (Å²) in [5.74, 6) is 1.74. The molecule has 224 valence electrons. The van der Waals surface area contributed by atoms with Crippen molar-refractivity contribution in [2.45, 2.75) is 83.3 Å². The van der Waals surface area contributed by atoms with Gasteiger partial charge in [0.15, 0.2) is 11.5 Å². The molecule has 0 radical (unpaired) electrons. The predicted octanol–water partition coefficient (Wildman–Crippen LogP) is 4.30. The SMILES string of the molecule is COCCCOc1cc(C(=O)N(C[C@@H]2CNC[C@@H]2CN(C(=O)NC2CCCCC2)C2CC2)C(C)C)ccc1OC. The number of carbonyl (C=O) groups excluding carboxylic acids is 2. The van der Waals surface area contributed by atoms with Crippen molar-refractivity contribution in [3.63, 3.8) is 0 Å². The van der Waals surface area contributed by atoms with Crippen LogP contribution in [-0.4, -0.2) is 93.5 Å². The van der Waals surface area contributed by atoms with Crippen molar-refractivity contribution < 1.29 is 23.8 Å². The maximum Gasteiger partial charge on any atom is 0.317 e. The summed E-state index contributed by atoms with van der Waals surface area (Å²) in [5.41, 5.74) is 0.588. The molecule has 4 rings (SSSR count). The van der Waals surface area contributed by atoms with E-state index in [1.807, 2.05) is 11.0 Å². The molecule has 1 aliphatic heterocycles. The quantitative estimate of drug-likeness (QED) is 0.331. The molecule has 3 fully saturated rings. The number of nitrogens with one attached hydrogen (secondary N) is 2. The Balaban J connectivity index is 1.40. The standard InChI is InChI=1S/C31H50N4O5/c1-22(2)34(30(36)23-11-14-28(39-4)29(17-23)40-16-8-15-38-3)20-24-18-32-19-25(24)21-35(27-12-13-27)31(37)33-26-9-6-5-7-10-26/h11,14,17,22,24-27,32H,5-10,12-13,15-16,18-21H2,1-4H3,(H,33,37)/t24-,25+/m0/s1. The molecule has 1 saturated heterocycles. The molecule has 9 heteroatoms. The summed E-state index contributed by atoms with van der Waals surface area (Å²) in [6, 6.07) is 6.22. The molecule has 0 bridgehead atoms. The van der Waals surface area contributed by atoms with Crippen LogP contribution in [0.25, 0.3) is 0 Å². The van der Waals surface area contributed by atoms with Gasteiger partial charge in [-0.15, -0.1) is 0 Å². The second-order valence-electron chi connectivity index (χ2n) is 12.0. The lowest BCUT2D eigenvalue weighted by molar-refractivity contribution is 0.0652. The summed E-state index contributed by atoms with van der Waals surface area (Å²) < 4.78 is 16.5. The van der Waals surface area contributed by atoms with Gasteiger partial charge in [-0.1, -0.05) is 19.3 Å². The van der Waals surface area contributed by atoms with Crippen molar-refractivity contribution in [2.75, 3.05) is 53.6 Å². The fourth-order valence-corrected chi connectivity index (χ4v) is 6.01. The minimum absolute atomic E-state index is 0.0147. The van der Waals surface area contributed by atoms with Crippen molar-refractivity contribution in [3.05, 3.63) is 23.8 Å². The van der Waals surface area contributed by atoms with Crippen molar-refractivity contribution >= 4 is 11.9 Å². The smallest absolute Gasteiger partial charge is 0.317 e. The molecule has 0 aromatic heterocycles. The van der Waals surface area contributed by atoms with Gasteiger partial charge in [0.05, 0.1) is 13.7 Å². The number of rotatable bonds is 14.